The summed E-state index contributed by atoms with van der Waals surface area (Å²) >= 11 is 0. The Morgan fingerprint density at radius 1 is 1.11 bits per heavy atom. The number of carbonyl (C=O) groups is 1. The zero-order valence-corrected chi connectivity index (χ0v) is 12.0. The highest BCUT2D eigenvalue weighted by molar-refractivity contribution is 5.97. The van der Waals surface area contributed by atoms with Crippen LogP contribution in [-0.4, -0.2) is 5.78 Å². The van der Waals surface area contributed by atoms with Crippen LogP contribution in [0.2, 0.25) is 0 Å². The Kier molecular flexibility index (Phi) is 6.70. The van der Waals surface area contributed by atoms with E-state index in [9.17, 15) is 4.79 Å². The third kappa shape index (κ3) is 5.03. The van der Waals surface area contributed by atoms with Gasteiger partial charge in [0.25, 0.3) is 0 Å². The number of ketones is 1. The molecule has 0 saturated carbocycles. The first-order valence-electron chi connectivity index (χ1n) is 7.24. The molecule has 0 amide bonds. The summed E-state index contributed by atoms with van der Waals surface area (Å²) in [6, 6.07) is 9.74. The van der Waals surface area contributed by atoms with Crippen LogP contribution in [0.1, 0.15) is 63.2 Å². The Balaban J connectivity index is 2.66. The van der Waals surface area contributed by atoms with Crippen LogP contribution in [0.5, 0.6) is 0 Å². The van der Waals surface area contributed by atoms with Crippen LogP contribution in [0, 0.1) is 11.8 Å². The van der Waals surface area contributed by atoms with Crippen LogP contribution in [-0.2, 0) is 0 Å². The number of Topliss-reactive ketones (excluding diaryl/α,β-unsaturated/α-hetero) is 1. The van der Waals surface area contributed by atoms with Gasteiger partial charge in [-0.25, -0.2) is 0 Å². The van der Waals surface area contributed by atoms with Crippen molar-refractivity contribution in [3.05, 3.63) is 35.9 Å². The maximum atomic E-state index is 12.5. The van der Waals surface area contributed by atoms with Gasteiger partial charge in [-0.1, -0.05) is 70.4 Å². The fraction of sp³-hybridized carbons (Fsp3) is 0.588. The summed E-state index contributed by atoms with van der Waals surface area (Å²) in [5.74, 6) is 1.13. The van der Waals surface area contributed by atoms with Gasteiger partial charge >= 0.3 is 0 Å². The molecule has 0 fully saturated rings. The SMILES string of the molecule is CCCCCC(CC(C)C)C(=O)c1ccccc1. The number of unbranched alkanes of at least 4 members (excludes halogenated alkanes) is 2. The van der Waals surface area contributed by atoms with E-state index >= 15 is 0 Å². The van der Waals surface area contributed by atoms with Crippen LogP contribution in [0.25, 0.3) is 0 Å². The van der Waals surface area contributed by atoms with Gasteiger partial charge in [0.1, 0.15) is 0 Å². The predicted octanol–water partition coefficient (Wildman–Crippen LogP) is 5.11. The molecular weight excluding hydrogens is 220 g/mol. The highest BCUT2D eigenvalue weighted by Crippen LogP contribution is 2.23. The van der Waals surface area contributed by atoms with Gasteiger partial charge < -0.3 is 0 Å². The highest BCUT2D eigenvalue weighted by atomic mass is 16.1. The molecule has 0 heterocycles. The van der Waals surface area contributed by atoms with Gasteiger partial charge in [-0.15, -0.1) is 0 Å². The second-order valence-electron chi connectivity index (χ2n) is 5.55. The van der Waals surface area contributed by atoms with E-state index in [2.05, 4.69) is 20.8 Å². The molecule has 1 heteroatoms. The molecule has 1 unspecified atom stereocenters. The molecule has 0 aliphatic carbocycles. The second-order valence-corrected chi connectivity index (χ2v) is 5.55. The van der Waals surface area contributed by atoms with Crippen LogP contribution >= 0.6 is 0 Å². The topological polar surface area (TPSA) is 17.1 Å². The zero-order chi connectivity index (χ0) is 13.4. The number of hydrogen-bond donors (Lipinski definition) is 0. The molecule has 0 radical (unpaired) electrons. The van der Waals surface area contributed by atoms with E-state index in [1.165, 1.54) is 19.3 Å². The molecule has 18 heavy (non-hydrogen) atoms. The normalized spacial score (nSPS) is 12.7. The van der Waals surface area contributed by atoms with Gasteiger partial charge in [0, 0.05) is 11.5 Å². The third-order valence-corrected chi connectivity index (χ3v) is 3.34. The first kappa shape index (κ1) is 14.9. The molecule has 100 valence electrons. The Morgan fingerprint density at radius 2 is 1.78 bits per heavy atom. The van der Waals surface area contributed by atoms with Crippen LogP contribution in [0.15, 0.2) is 30.3 Å². The lowest BCUT2D eigenvalue weighted by Gasteiger charge is -2.18. The van der Waals surface area contributed by atoms with Crippen molar-refractivity contribution in [1.82, 2.24) is 0 Å². The fourth-order valence-corrected chi connectivity index (χ4v) is 2.40. The molecule has 1 rings (SSSR count). The molecule has 0 aliphatic heterocycles. The summed E-state index contributed by atoms with van der Waals surface area (Å²) in [5.41, 5.74) is 0.875. The summed E-state index contributed by atoms with van der Waals surface area (Å²) in [5, 5.41) is 0. The first-order valence-corrected chi connectivity index (χ1v) is 7.24. The maximum absolute atomic E-state index is 12.5. The van der Waals surface area contributed by atoms with Crippen molar-refractivity contribution < 1.29 is 4.79 Å². The predicted molar refractivity (Wildman–Crippen MR) is 77.9 cm³/mol. The van der Waals surface area contributed by atoms with Crippen molar-refractivity contribution in [2.75, 3.05) is 0 Å². The molecule has 1 nitrogen and oxygen atoms in total. The van der Waals surface area contributed by atoms with E-state index in [1.54, 1.807) is 0 Å². The average Bonchev–Trinajstić information content (AvgIpc) is 2.37. The standard InChI is InChI=1S/C17H26O/c1-4-5-7-12-16(13-14(2)3)17(18)15-10-8-6-9-11-15/h6,8-11,14,16H,4-5,7,12-13H2,1-3H3. The average molecular weight is 246 g/mol. The molecule has 0 bridgehead atoms. The van der Waals surface area contributed by atoms with Crippen LogP contribution in [0.4, 0.5) is 0 Å². The van der Waals surface area contributed by atoms with Crippen molar-refractivity contribution >= 4 is 5.78 Å². The van der Waals surface area contributed by atoms with Gasteiger partial charge in [-0.05, 0) is 18.8 Å². The number of hydrogen-bond acceptors (Lipinski definition) is 1. The minimum absolute atomic E-state index is 0.207. The molecule has 1 aromatic carbocycles. The molecule has 0 spiro atoms. The highest BCUT2D eigenvalue weighted by Gasteiger charge is 2.20. The van der Waals surface area contributed by atoms with Gasteiger partial charge in [-0.2, -0.15) is 0 Å². The first-order chi connectivity index (χ1) is 8.65. The van der Waals surface area contributed by atoms with E-state index in [-0.39, 0.29) is 5.92 Å². The zero-order valence-electron chi connectivity index (χ0n) is 12.0. The van der Waals surface area contributed by atoms with Crippen LogP contribution in [0.3, 0.4) is 0 Å². The fourth-order valence-electron chi connectivity index (χ4n) is 2.40. The molecule has 0 aromatic heterocycles. The molecule has 1 atom stereocenters. The summed E-state index contributed by atoms with van der Waals surface area (Å²) in [4.78, 5) is 12.5. The molecular formula is C17H26O. The van der Waals surface area contributed by atoms with E-state index < -0.39 is 0 Å². The Labute approximate surface area is 112 Å². The second kappa shape index (κ2) is 8.07. The van der Waals surface area contributed by atoms with Gasteiger partial charge in [-0.3, -0.25) is 4.79 Å². The van der Waals surface area contributed by atoms with E-state index in [4.69, 9.17) is 0 Å². The van der Waals surface area contributed by atoms with E-state index in [0.717, 1.165) is 18.4 Å². The summed E-state index contributed by atoms with van der Waals surface area (Å²) in [7, 11) is 0. The number of rotatable bonds is 8. The summed E-state index contributed by atoms with van der Waals surface area (Å²) in [6.07, 6.45) is 5.67. The van der Waals surface area contributed by atoms with Gasteiger partial charge in [0.15, 0.2) is 5.78 Å². The lowest BCUT2D eigenvalue weighted by Crippen LogP contribution is -2.17. The Morgan fingerprint density at radius 3 is 2.33 bits per heavy atom. The molecule has 0 N–H and O–H groups in total. The quantitative estimate of drug-likeness (QED) is 0.460. The minimum Gasteiger partial charge on any atom is -0.294 e. The number of benzene rings is 1. The van der Waals surface area contributed by atoms with E-state index in [1.807, 2.05) is 30.3 Å². The third-order valence-electron chi connectivity index (χ3n) is 3.34. The van der Waals surface area contributed by atoms with E-state index in [0.29, 0.717) is 11.7 Å². The van der Waals surface area contributed by atoms with Crippen molar-refractivity contribution in [2.24, 2.45) is 11.8 Å². The van der Waals surface area contributed by atoms with Crippen molar-refractivity contribution in [3.8, 4) is 0 Å². The molecule has 1 aromatic rings. The lowest BCUT2D eigenvalue weighted by molar-refractivity contribution is 0.0893. The summed E-state index contributed by atoms with van der Waals surface area (Å²) < 4.78 is 0. The van der Waals surface area contributed by atoms with Crippen molar-refractivity contribution in [3.63, 3.8) is 0 Å². The van der Waals surface area contributed by atoms with Crippen molar-refractivity contribution in [1.29, 1.82) is 0 Å². The monoisotopic (exact) mass is 246 g/mol. The smallest absolute Gasteiger partial charge is 0.165 e. The van der Waals surface area contributed by atoms with Crippen LogP contribution < -0.4 is 0 Å². The summed E-state index contributed by atoms with van der Waals surface area (Å²) in [6.45, 7) is 6.60. The Bertz CT molecular complexity index is 340. The van der Waals surface area contributed by atoms with Gasteiger partial charge in [0.2, 0.25) is 0 Å². The largest absolute Gasteiger partial charge is 0.294 e. The van der Waals surface area contributed by atoms with Crippen molar-refractivity contribution in [2.45, 2.75) is 52.9 Å². The van der Waals surface area contributed by atoms with Gasteiger partial charge in [0.05, 0.1) is 0 Å². The minimum atomic E-state index is 0.207. The molecule has 0 aliphatic rings. The Hall–Kier alpha value is -1.11. The lowest BCUT2D eigenvalue weighted by atomic mass is 9.86. The molecule has 0 saturated heterocycles. The maximum Gasteiger partial charge on any atom is 0.165 e. The number of carbonyl (C=O) groups excluding carboxylic acids is 1.